The van der Waals surface area contributed by atoms with Crippen LogP contribution in [0.2, 0.25) is 0 Å². The number of benzene rings is 1. The summed E-state index contributed by atoms with van der Waals surface area (Å²) in [5, 5.41) is 0. The minimum Gasteiger partial charge on any atom is -0.494 e. The van der Waals surface area contributed by atoms with Gasteiger partial charge in [-0.1, -0.05) is 12.1 Å². The van der Waals surface area contributed by atoms with Crippen LogP contribution in [0.5, 0.6) is 5.75 Å². The molecule has 0 saturated heterocycles. The van der Waals surface area contributed by atoms with Crippen LogP contribution in [0.1, 0.15) is 11.3 Å². The van der Waals surface area contributed by atoms with E-state index < -0.39 is 12.8 Å². The second kappa shape index (κ2) is 5.64. The summed E-state index contributed by atoms with van der Waals surface area (Å²) < 4.78 is 52.4. The second-order valence-corrected chi connectivity index (χ2v) is 7.23. The zero-order valence-corrected chi connectivity index (χ0v) is 16.0. The highest BCUT2D eigenvalue weighted by Gasteiger charge is 2.54. The monoisotopic (exact) mass is 472 g/mol. The van der Waals surface area contributed by atoms with Crippen LogP contribution in [0.3, 0.4) is 0 Å². The van der Waals surface area contributed by atoms with E-state index in [1.165, 1.54) is 25.3 Å². The Bertz CT molecular complexity index is 1010. The molecule has 0 fully saturated rings. The minimum absolute atomic E-state index is 0.0576. The maximum atomic E-state index is 15.1. The Morgan fingerprint density at radius 2 is 1.88 bits per heavy atom. The fourth-order valence-corrected chi connectivity index (χ4v) is 4.41. The molecule has 0 amide bonds. The summed E-state index contributed by atoms with van der Waals surface area (Å²) in [4.78, 5) is 0. The zero-order chi connectivity index (χ0) is 17.9. The first-order valence-corrected chi connectivity index (χ1v) is 8.93. The van der Waals surface area contributed by atoms with Gasteiger partial charge in [0.2, 0.25) is 4.62 Å². The van der Waals surface area contributed by atoms with Gasteiger partial charge in [-0.05, 0) is 34.1 Å². The van der Waals surface area contributed by atoms with E-state index in [-0.39, 0.29) is 31.9 Å². The molecule has 9 heteroatoms. The molecule has 3 heterocycles. The standard InChI is InChI=1S/C16H10BBr2F3N2O/c1-25-12-4-2-3-9(16(12)20)15-10-5-7-13(18)23(10)17(21,22)24-11(15)6-8-14(24)19/h2-8H,1H3. The van der Waals surface area contributed by atoms with Crippen molar-refractivity contribution in [3.05, 3.63) is 69.9 Å². The smallest absolute Gasteiger partial charge is 0.494 e. The molecule has 0 unspecified atom stereocenters. The van der Waals surface area contributed by atoms with Crippen LogP contribution in [0, 0.1) is 5.82 Å². The Kier molecular flexibility index (Phi) is 3.77. The van der Waals surface area contributed by atoms with E-state index in [1.807, 2.05) is 0 Å². The van der Waals surface area contributed by atoms with Crippen molar-refractivity contribution in [3.63, 3.8) is 0 Å². The summed E-state index contributed by atoms with van der Waals surface area (Å²) in [6, 6.07) is 7.76. The average Bonchev–Trinajstić information content (AvgIpc) is 3.14. The fraction of sp³-hybridized carbons (Fsp3) is 0.0625. The highest BCUT2D eigenvalue weighted by atomic mass is 79.9. The number of fused-ring (bicyclic) bond motifs is 2. The summed E-state index contributed by atoms with van der Waals surface area (Å²) in [6.45, 7) is -4.12. The molecule has 0 saturated carbocycles. The van der Waals surface area contributed by atoms with E-state index in [0.717, 1.165) is 8.96 Å². The van der Waals surface area contributed by atoms with Gasteiger partial charge < -0.3 is 22.3 Å². The van der Waals surface area contributed by atoms with Gasteiger partial charge in [-0.25, -0.2) is 4.39 Å². The van der Waals surface area contributed by atoms with Crippen molar-refractivity contribution in [1.29, 1.82) is 0 Å². The Balaban J connectivity index is 2.12. The van der Waals surface area contributed by atoms with Crippen molar-refractivity contribution in [2.45, 2.75) is 0 Å². The summed E-state index contributed by atoms with van der Waals surface area (Å²) in [7, 11) is 1.36. The molecule has 0 N–H and O–H groups in total. The van der Waals surface area contributed by atoms with Crippen molar-refractivity contribution < 1.29 is 22.2 Å². The van der Waals surface area contributed by atoms with Crippen LogP contribution in [0.4, 0.5) is 13.0 Å². The summed E-state index contributed by atoms with van der Waals surface area (Å²) in [5.41, 5.74) is 1.05. The van der Waals surface area contributed by atoms with E-state index in [4.69, 9.17) is 4.74 Å². The fourth-order valence-electron chi connectivity index (χ4n) is 3.27. The third-order valence-corrected chi connectivity index (χ3v) is 5.62. The molecule has 0 radical (unpaired) electrons. The lowest BCUT2D eigenvalue weighted by Crippen LogP contribution is -2.50. The maximum Gasteiger partial charge on any atom is 0.738 e. The van der Waals surface area contributed by atoms with E-state index >= 15 is 8.63 Å². The minimum atomic E-state index is -4.12. The first kappa shape index (κ1) is 16.7. The van der Waals surface area contributed by atoms with Crippen LogP contribution in [0.15, 0.2) is 52.8 Å². The SMILES string of the molecule is COc1cccc(C2=C3C=CC(Br)=[N+]3[B-](F)(F)n3c(Br)ccc32)c1F. The number of nitrogens with zero attached hydrogens (tertiary/aromatic N) is 2. The average molecular weight is 474 g/mol. The van der Waals surface area contributed by atoms with Gasteiger partial charge >= 0.3 is 6.97 Å². The van der Waals surface area contributed by atoms with Crippen molar-refractivity contribution >= 4 is 49.0 Å². The molecule has 1 aromatic carbocycles. The van der Waals surface area contributed by atoms with Crippen LogP contribution in [-0.4, -0.2) is 27.7 Å². The van der Waals surface area contributed by atoms with Gasteiger partial charge in [0.05, 0.1) is 17.3 Å². The van der Waals surface area contributed by atoms with Gasteiger partial charge in [-0.2, -0.15) is 0 Å². The first-order valence-electron chi connectivity index (χ1n) is 7.34. The lowest BCUT2D eigenvalue weighted by molar-refractivity contribution is -0.358. The Morgan fingerprint density at radius 3 is 2.60 bits per heavy atom. The molecule has 4 rings (SSSR count). The van der Waals surface area contributed by atoms with Gasteiger partial charge in [-0.15, -0.1) is 0 Å². The summed E-state index contributed by atoms with van der Waals surface area (Å²) >= 11 is 6.35. The van der Waals surface area contributed by atoms with Crippen LogP contribution < -0.4 is 4.74 Å². The van der Waals surface area contributed by atoms with Gasteiger partial charge in [0.25, 0.3) is 0 Å². The number of hydrogen-bond acceptors (Lipinski definition) is 1. The van der Waals surface area contributed by atoms with Crippen molar-refractivity contribution in [2.75, 3.05) is 7.11 Å². The van der Waals surface area contributed by atoms with Crippen molar-refractivity contribution in [3.8, 4) is 5.75 Å². The molecule has 0 atom stereocenters. The molecule has 128 valence electrons. The maximum absolute atomic E-state index is 15.1. The molecule has 0 bridgehead atoms. The number of aromatic nitrogens is 1. The van der Waals surface area contributed by atoms with Gasteiger partial charge in [0.15, 0.2) is 17.3 Å². The number of methoxy groups -OCH3 is 1. The molecule has 1 aromatic heterocycles. The number of allylic oxidation sites excluding steroid dienone is 2. The summed E-state index contributed by atoms with van der Waals surface area (Å²) in [6.07, 6.45) is 3.09. The molecule has 25 heavy (non-hydrogen) atoms. The van der Waals surface area contributed by atoms with E-state index in [2.05, 4.69) is 31.9 Å². The van der Waals surface area contributed by atoms with E-state index in [9.17, 15) is 4.39 Å². The Labute approximate surface area is 158 Å². The topological polar surface area (TPSA) is 17.2 Å². The Hall–Kier alpha value is -1.74. The molecular weight excluding hydrogens is 464 g/mol. The quantitative estimate of drug-likeness (QED) is 0.574. The van der Waals surface area contributed by atoms with Crippen LogP contribution >= 0.6 is 31.9 Å². The molecule has 2 aromatic rings. The molecular formula is C16H10BBr2F3N2O. The highest BCUT2D eigenvalue weighted by molar-refractivity contribution is 9.18. The molecule has 0 aliphatic carbocycles. The van der Waals surface area contributed by atoms with Gasteiger partial charge in [-0.3, -0.25) is 0 Å². The van der Waals surface area contributed by atoms with E-state index in [0.29, 0.717) is 5.57 Å². The van der Waals surface area contributed by atoms with Crippen molar-refractivity contribution in [1.82, 2.24) is 4.48 Å². The molecule has 2 aliphatic rings. The number of halogens is 5. The molecule has 3 nitrogen and oxygen atoms in total. The summed E-state index contributed by atoms with van der Waals surface area (Å²) in [5.74, 6) is -0.535. The lowest BCUT2D eigenvalue weighted by atomic mass is 9.86. The predicted octanol–water partition coefficient (Wildman–Crippen LogP) is 4.77. The molecule has 0 spiro atoms. The van der Waals surface area contributed by atoms with Gasteiger partial charge in [0.1, 0.15) is 0 Å². The van der Waals surface area contributed by atoms with Gasteiger partial charge in [0, 0.05) is 39.3 Å². The number of hydrogen-bond donors (Lipinski definition) is 0. The third-order valence-electron chi connectivity index (χ3n) is 4.32. The van der Waals surface area contributed by atoms with Crippen LogP contribution in [0.25, 0.3) is 5.57 Å². The van der Waals surface area contributed by atoms with Crippen LogP contribution in [-0.2, 0) is 0 Å². The Morgan fingerprint density at radius 1 is 1.12 bits per heavy atom. The number of ether oxygens (including phenoxy) is 1. The van der Waals surface area contributed by atoms with E-state index in [1.54, 1.807) is 24.3 Å². The van der Waals surface area contributed by atoms with Crippen molar-refractivity contribution in [2.24, 2.45) is 0 Å². The normalized spacial score (nSPS) is 17.8. The zero-order valence-electron chi connectivity index (χ0n) is 12.8. The predicted molar refractivity (Wildman–Crippen MR) is 97.8 cm³/mol. The number of rotatable bonds is 2. The third kappa shape index (κ3) is 2.21. The highest BCUT2D eigenvalue weighted by Crippen LogP contribution is 2.43. The largest absolute Gasteiger partial charge is 0.738 e. The first-order chi connectivity index (χ1) is 11.9. The lowest BCUT2D eigenvalue weighted by Gasteiger charge is -2.32. The molecule has 2 aliphatic heterocycles. The second-order valence-electron chi connectivity index (χ2n) is 5.61.